The number of H-pyrrole nitrogens is 1. The standard InChI is InChI=1S/C24H20N4O3/c1-13(2)24-12-19-8-7-17(27-19)10-15-4-3-14(25-15)9-16-5-6-18(26-16)11-20(28-24)21(22(24)29)23(30)31/h3-13,25,29H,1-2H3,(H,30,31). The van der Waals surface area contributed by atoms with Crippen LogP contribution in [0.15, 0.2) is 86.3 Å². The summed E-state index contributed by atoms with van der Waals surface area (Å²) < 4.78 is 0. The van der Waals surface area contributed by atoms with E-state index in [-0.39, 0.29) is 23.0 Å². The maximum atomic E-state index is 12.0. The van der Waals surface area contributed by atoms with Crippen molar-refractivity contribution in [2.75, 3.05) is 0 Å². The molecule has 1 atom stereocenters. The number of aromatic amines is 1. The SMILES string of the molecule is CC(C)C12C=C3C=CC(=N3)C=c3ccc([nH]3)=CC3=NC(=CC(=N1)C(C(=O)O)=C2O)C=C3. The number of allylic oxidation sites excluding steroid dienone is 5. The summed E-state index contributed by atoms with van der Waals surface area (Å²) in [6.07, 6.45) is 14.5. The largest absolute Gasteiger partial charge is 0.508 e. The van der Waals surface area contributed by atoms with Crippen LogP contribution in [0.3, 0.4) is 0 Å². The Hall–Kier alpha value is -4.00. The van der Waals surface area contributed by atoms with Gasteiger partial charge in [0.2, 0.25) is 0 Å². The van der Waals surface area contributed by atoms with Gasteiger partial charge in [0.15, 0.2) is 0 Å². The zero-order chi connectivity index (χ0) is 21.8. The van der Waals surface area contributed by atoms with E-state index in [2.05, 4.69) is 15.0 Å². The fourth-order valence-corrected chi connectivity index (χ4v) is 4.01. The molecule has 0 amide bonds. The number of carboxylic acid groups (broad SMARTS) is 1. The molecule has 1 aromatic rings. The highest BCUT2D eigenvalue weighted by molar-refractivity contribution is 6.27. The number of fused-ring (bicyclic) bond motifs is 5. The first kappa shape index (κ1) is 19.0. The molecule has 7 nitrogen and oxygen atoms in total. The summed E-state index contributed by atoms with van der Waals surface area (Å²) in [7, 11) is 0. The van der Waals surface area contributed by atoms with Crippen LogP contribution in [-0.2, 0) is 4.79 Å². The number of nitrogens with one attached hydrogen (secondary N) is 1. The van der Waals surface area contributed by atoms with Crippen LogP contribution >= 0.6 is 0 Å². The Balaban J connectivity index is 1.80. The minimum absolute atomic E-state index is 0.187. The molecule has 0 aliphatic carbocycles. The van der Waals surface area contributed by atoms with E-state index in [9.17, 15) is 15.0 Å². The van der Waals surface area contributed by atoms with Crippen molar-refractivity contribution in [3.05, 3.63) is 82.0 Å². The third-order valence-electron chi connectivity index (χ3n) is 5.63. The van der Waals surface area contributed by atoms with Crippen molar-refractivity contribution < 1.29 is 15.0 Å². The number of aliphatic hydroxyl groups is 1. The normalized spacial score (nSPS) is 23.8. The maximum absolute atomic E-state index is 12.0. The maximum Gasteiger partial charge on any atom is 0.341 e. The predicted molar refractivity (Wildman–Crippen MR) is 121 cm³/mol. The van der Waals surface area contributed by atoms with E-state index < -0.39 is 11.5 Å². The third-order valence-corrected chi connectivity index (χ3v) is 5.63. The first-order valence-corrected chi connectivity index (χ1v) is 9.98. The monoisotopic (exact) mass is 412 g/mol. The van der Waals surface area contributed by atoms with Crippen LogP contribution in [0.2, 0.25) is 0 Å². The second-order valence-corrected chi connectivity index (χ2v) is 8.04. The van der Waals surface area contributed by atoms with Crippen LogP contribution in [0.1, 0.15) is 13.8 Å². The summed E-state index contributed by atoms with van der Waals surface area (Å²) >= 11 is 0. The van der Waals surface area contributed by atoms with Gasteiger partial charge < -0.3 is 15.2 Å². The quantitative estimate of drug-likeness (QED) is 0.692. The molecule has 1 aromatic heterocycles. The van der Waals surface area contributed by atoms with Crippen molar-refractivity contribution >= 4 is 35.3 Å². The van der Waals surface area contributed by atoms with Crippen LogP contribution in [0.4, 0.5) is 0 Å². The molecule has 7 heteroatoms. The Labute approximate surface area is 178 Å². The Morgan fingerprint density at radius 1 is 0.968 bits per heavy atom. The van der Waals surface area contributed by atoms with Gasteiger partial charge in [-0.3, -0.25) is 4.99 Å². The van der Waals surface area contributed by atoms with Gasteiger partial charge in [0.25, 0.3) is 0 Å². The van der Waals surface area contributed by atoms with E-state index in [0.29, 0.717) is 11.4 Å². The van der Waals surface area contributed by atoms with Crippen molar-refractivity contribution in [2.24, 2.45) is 20.9 Å². The molecule has 5 heterocycles. The molecule has 0 radical (unpaired) electrons. The highest BCUT2D eigenvalue weighted by Gasteiger charge is 2.46. The van der Waals surface area contributed by atoms with Crippen molar-refractivity contribution in [1.29, 1.82) is 0 Å². The van der Waals surface area contributed by atoms with Crippen LogP contribution in [-0.4, -0.2) is 43.8 Å². The highest BCUT2D eigenvalue weighted by Crippen LogP contribution is 2.40. The van der Waals surface area contributed by atoms with Crippen LogP contribution in [0, 0.1) is 5.92 Å². The summed E-state index contributed by atoms with van der Waals surface area (Å²) in [5.41, 5.74) is 1.40. The molecule has 3 N–H and O–H groups in total. The number of hydrogen-bond donors (Lipinski definition) is 3. The zero-order valence-electron chi connectivity index (χ0n) is 17.0. The molecule has 4 aliphatic rings. The van der Waals surface area contributed by atoms with Gasteiger partial charge in [0.05, 0.1) is 28.5 Å². The third kappa shape index (κ3) is 3.15. The van der Waals surface area contributed by atoms with Crippen molar-refractivity contribution in [2.45, 2.75) is 19.4 Å². The Kier molecular flexibility index (Phi) is 4.15. The first-order chi connectivity index (χ1) is 14.8. The average molecular weight is 412 g/mol. The fraction of sp³-hybridized carbons (Fsp3) is 0.167. The van der Waals surface area contributed by atoms with Gasteiger partial charge >= 0.3 is 5.97 Å². The molecule has 0 saturated heterocycles. The second kappa shape index (κ2) is 6.77. The lowest BCUT2D eigenvalue weighted by atomic mass is 9.84. The Morgan fingerprint density at radius 2 is 1.58 bits per heavy atom. The molecule has 0 saturated carbocycles. The molecule has 4 aliphatic heterocycles. The Bertz CT molecular complexity index is 1390. The van der Waals surface area contributed by atoms with E-state index in [1.165, 1.54) is 0 Å². The van der Waals surface area contributed by atoms with Crippen molar-refractivity contribution in [3.63, 3.8) is 0 Å². The molecule has 1 unspecified atom stereocenters. The molecule has 31 heavy (non-hydrogen) atoms. The topological polar surface area (TPSA) is 110 Å². The Morgan fingerprint density at radius 3 is 2.19 bits per heavy atom. The number of nitrogens with zero attached hydrogens (tertiary/aromatic N) is 3. The minimum atomic E-state index is -1.23. The first-order valence-electron chi connectivity index (χ1n) is 9.98. The van der Waals surface area contributed by atoms with Crippen LogP contribution < -0.4 is 10.7 Å². The second-order valence-electron chi connectivity index (χ2n) is 8.04. The van der Waals surface area contributed by atoms with E-state index >= 15 is 0 Å². The van der Waals surface area contributed by atoms with E-state index in [1.54, 1.807) is 18.2 Å². The number of aliphatic carboxylic acids is 1. The lowest BCUT2D eigenvalue weighted by Gasteiger charge is -2.27. The van der Waals surface area contributed by atoms with Gasteiger partial charge in [-0.1, -0.05) is 13.8 Å². The van der Waals surface area contributed by atoms with Gasteiger partial charge in [-0.2, -0.15) is 0 Å². The average Bonchev–Trinajstić information content (AvgIpc) is 3.46. The molecule has 0 fully saturated rings. The lowest BCUT2D eigenvalue weighted by Crippen LogP contribution is -2.32. The van der Waals surface area contributed by atoms with Crippen molar-refractivity contribution in [1.82, 2.24) is 4.98 Å². The highest BCUT2D eigenvalue weighted by atomic mass is 16.4. The van der Waals surface area contributed by atoms with Gasteiger partial charge in [0, 0.05) is 10.7 Å². The van der Waals surface area contributed by atoms with E-state index in [4.69, 9.17) is 4.99 Å². The fourth-order valence-electron chi connectivity index (χ4n) is 4.01. The summed E-state index contributed by atoms with van der Waals surface area (Å²) in [5, 5.41) is 22.7. The van der Waals surface area contributed by atoms with Crippen LogP contribution in [0.5, 0.6) is 0 Å². The summed E-state index contributed by atoms with van der Waals surface area (Å²) in [6.45, 7) is 3.78. The number of aliphatic imine (C=N–C) groups is 3. The number of hydrogen-bond acceptors (Lipinski definition) is 5. The summed E-state index contributed by atoms with van der Waals surface area (Å²) in [4.78, 5) is 29.2. The van der Waals surface area contributed by atoms with Gasteiger partial charge in [0.1, 0.15) is 16.9 Å². The summed E-state index contributed by atoms with van der Waals surface area (Å²) in [5.74, 6) is -1.73. The van der Waals surface area contributed by atoms with E-state index in [1.807, 2.05) is 56.4 Å². The van der Waals surface area contributed by atoms with Gasteiger partial charge in [-0.25, -0.2) is 14.8 Å². The van der Waals surface area contributed by atoms with Gasteiger partial charge in [-0.15, -0.1) is 0 Å². The molecule has 8 bridgehead atoms. The van der Waals surface area contributed by atoms with Crippen molar-refractivity contribution in [3.8, 4) is 0 Å². The van der Waals surface area contributed by atoms with Gasteiger partial charge in [-0.05, 0) is 66.7 Å². The minimum Gasteiger partial charge on any atom is -0.508 e. The number of rotatable bonds is 2. The number of aliphatic hydroxyl groups excluding tert-OH is 1. The smallest absolute Gasteiger partial charge is 0.341 e. The molecular weight excluding hydrogens is 392 g/mol. The zero-order valence-corrected chi connectivity index (χ0v) is 17.0. The molecule has 0 aromatic carbocycles. The van der Waals surface area contributed by atoms with E-state index in [0.717, 1.165) is 22.1 Å². The molecule has 154 valence electrons. The number of carboxylic acids is 1. The lowest BCUT2D eigenvalue weighted by molar-refractivity contribution is -0.132. The molecule has 0 spiro atoms. The summed E-state index contributed by atoms with van der Waals surface area (Å²) in [6, 6.07) is 3.93. The number of aromatic nitrogens is 1. The predicted octanol–water partition coefficient (Wildman–Crippen LogP) is 2.12. The number of carbonyl (C=O) groups is 1. The molecule has 5 rings (SSSR count). The molecular formula is C24H20N4O3. The van der Waals surface area contributed by atoms with Crippen LogP contribution in [0.25, 0.3) is 12.2 Å².